The lowest BCUT2D eigenvalue weighted by Crippen LogP contribution is -2.50. The number of hydrogen-bond acceptors (Lipinski definition) is 2. The lowest BCUT2D eigenvalue weighted by Gasteiger charge is -2.34. The molecule has 0 atom stereocenters. The number of hydrogen-bond donors (Lipinski definition) is 1. The van der Waals surface area contributed by atoms with Gasteiger partial charge in [0, 0.05) is 6.54 Å². The van der Waals surface area contributed by atoms with Crippen LogP contribution in [-0.4, -0.2) is 18.1 Å². The molecule has 1 N–H and O–H groups in total. The second-order valence-corrected chi connectivity index (χ2v) is 4.75. The minimum atomic E-state index is -0.473. The van der Waals surface area contributed by atoms with Gasteiger partial charge >= 0.3 is 0 Å². The molecule has 2 saturated heterocycles. The normalized spacial score (nSPS) is 30.9. The Bertz CT molecular complexity index is 390. The molecule has 3 aliphatic rings. The number of amides is 1. The molecule has 1 aromatic rings. The minimum Gasteiger partial charge on any atom is -0.365 e. The zero-order valence-electron chi connectivity index (χ0n) is 9.11. The van der Waals surface area contributed by atoms with Gasteiger partial charge in [0.2, 0.25) is 0 Å². The van der Waals surface area contributed by atoms with E-state index in [4.69, 9.17) is 4.74 Å². The van der Waals surface area contributed by atoms with Crippen molar-refractivity contribution in [3.8, 4) is 0 Å². The Balaban J connectivity index is 1.58. The number of nitrogens with one attached hydrogen (secondary N) is 1. The molecule has 2 bridgehead atoms. The monoisotopic (exact) mass is 217 g/mol. The van der Waals surface area contributed by atoms with Gasteiger partial charge in [-0.2, -0.15) is 0 Å². The van der Waals surface area contributed by atoms with E-state index in [0.29, 0.717) is 12.5 Å². The lowest BCUT2D eigenvalue weighted by atomic mass is 9.74. The highest BCUT2D eigenvalue weighted by Crippen LogP contribution is 2.48. The molecule has 1 aromatic carbocycles. The Hall–Kier alpha value is -1.35. The van der Waals surface area contributed by atoms with E-state index in [2.05, 4.69) is 5.32 Å². The highest BCUT2D eigenvalue weighted by molar-refractivity contribution is 5.86. The highest BCUT2D eigenvalue weighted by Gasteiger charge is 2.57. The quantitative estimate of drug-likeness (QED) is 0.833. The first-order chi connectivity index (χ1) is 7.78. The van der Waals surface area contributed by atoms with Gasteiger partial charge in [-0.3, -0.25) is 4.79 Å². The molecule has 84 valence electrons. The van der Waals surface area contributed by atoms with Crippen molar-refractivity contribution >= 4 is 5.91 Å². The van der Waals surface area contributed by atoms with Crippen LogP contribution in [-0.2, 0) is 16.1 Å². The smallest absolute Gasteiger partial charge is 0.252 e. The van der Waals surface area contributed by atoms with Gasteiger partial charge < -0.3 is 10.1 Å². The predicted molar refractivity (Wildman–Crippen MR) is 59.7 cm³/mol. The third kappa shape index (κ3) is 1.52. The fraction of sp³-hybridized carbons (Fsp3) is 0.462. The summed E-state index contributed by atoms with van der Waals surface area (Å²) in [4.78, 5) is 11.9. The molecule has 1 aliphatic carbocycles. The summed E-state index contributed by atoms with van der Waals surface area (Å²) in [5.74, 6) is 0.688. The Morgan fingerprint density at radius 2 is 2.12 bits per heavy atom. The van der Waals surface area contributed by atoms with E-state index in [1.807, 2.05) is 30.3 Å². The van der Waals surface area contributed by atoms with Crippen molar-refractivity contribution in [3.05, 3.63) is 35.9 Å². The summed E-state index contributed by atoms with van der Waals surface area (Å²) in [6.07, 6.45) is 1.82. The minimum absolute atomic E-state index is 0.0603. The standard InChI is InChI=1S/C13H15NO2/c15-12(13-6-11(7-13)9-16-13)14-8-10-4-2-1-3-5-10/h1-5,11H,6-9H2,(H,14,15). The van der Waals surface area contributed by atoms with Crippen LogP contribution in [0.2, 0.25) is 0 Å². The maximum atomic E-state index is 11.9. The molecule has 2 aliphatic heterocycles. The summed E-state index contributed by atoms with van der Waals surface area (Å²) in [5, 5.41) is 2.96. The van der Waals surface area contributed by atoms with Crippen LogP contribution in [0.25, 0.3) is 0 Å². The largest absolute Gasteiger partial charge is 0.365 e. The number of carbonyl (C=O) groups excluding carboxylic acids is 1. The van der Waals surface area contributed by atoms with E-state index < -0.39 is 5.60 Å². The lowest BCUT2D eigenvalue weighted by molar-refractivity contribution is -0.143. The topological polar surface area (TPSA) is 38.3 Å². The average molecular weight is 217 g/mol. The number of rotatable bonds is 3. The molecule has 1 amide bonds. The van der Waals surface area contributed by atoms with Crippen molar-refractivity contribution in [2.24, 2.45) is 5.92 Å². The molecule has 3 fully saturated rings. The Morgan fingerprint density at radius 3 is 2.75 bits per heavy atom. The molecule has 4 rings (SSSR count). The van der Waals surface area contributed by atoms with Crippen LogP contribution in [0, 0.1) is 5.92 Å². The first-order valence-electron chi connectivity index (χ1n) is 5.75. The van der Waals surface area contributed by atoms with E-state index in [9.17, 15) is 4.79 Å². The van der Waals surface area contributed by atoms with E-state index in [1.54, 1.807) is 0 Å². The SMILES string of the molecule is O=C(NCc1ccccc1)C12CC(CO1)C2. The summed E-state index contributed by atoms with van der Waals surface area (Å²) in [7, 11) is 0. The van der Waals surface area contributed by atoms with E-state index >= 15 is 0 Å². The molecule has 0 aromatic heterocycles. The zero-order chi connectivity index (χ0) is 11.0. The number of carbonyl (C=O) groups is 1. The maximum Gasteiger partial charge on any atom is 0.252 e. The second kappa shape index (κ2) is 3.59. The van der Waals surface area contributed by atoms with Crippen LogP contribution < -0.4 is 5.32 Å². The summed E-state index contributed by atoms with van der Waals surface area (Å²) in [6.45, 7) is 1.36. The number of ether oxygens (including phenoxy) is 1. The van der Waals surface area contributed by atoms with E-state index in [1.165, 1.54) is 0 Å². The molecular weight excluding hydrogens is 202 g/mol. The van der Waals surface area contributed by atoms with Crippen molar-refractivity contribution in [2.45, 2.75) is 25.0 Å². The van der Waals surface area contributed by atoms with Crippen LogP contribution in [0.4, 0.5) is 0 Å². The summed E-state index contributed by atoms with van der Waals surface area (Å²) in [5.41, 5.74) is 0.653. The van der Waals surface area contributed by atoms with Crippen LogP contribution in [0.3, 0.4) is 0 Å². The van der Waals surface area contributed by atoms with E-state index in [-0.39, 0.29) is 5.91 Å². The van der Waals surface area contributed by atoms with Crippen molar-refractivity contribution in [3.63, 3.8) is 0 Å². The highest BCUT2D eigenvalue weighted by atomic mass is 16.5. The molecule has 3 heteroatoms. The van der Waals surface area contributed by atoms with Gasteiger partial charge in [0.15, 0.2) is 0 Å². The predicted octanol–water partition coefficient (Wildman–Crippen LogP) is 1.48. The molecule has 3 nitrogen and oxygen atoms in total. The second-order valence-electron chi connectivity index (χ2n) is 4.75. The molecule has 0 unspecified atom stereocenters. The van der Waals surface area contributed by atoms with Gasteiger partial charge in [-0.1, -0.05) is 30.3 Å². The van der Waals surface area contributed by atoms with E-state index in [0.717, 1.165) is 25.0 Å². The van der Waals surface area contributed by atoms with Gasteiger partial charge in [-0.25, -0.2) is 0 Å². The van der Waals surface area contributed by atoms with Gasteiger partial charge in [0.25, 0.3) is 5.91 Å². The first kappa shape index (κ1) is 9.85. The van der Waals surface area contributed by atoms with Crippen molar-refractivity contribution in [1.82, 2.24) is 5.32 Å². The molecule has 2 heterocycles. The fourth-order valence-electron chi connectivity index (χ4n) is 2.58. The van der Waals surface area contributed by atoms with Crippen LogP contribution in [0.1, 0.15) is 18.4 Å². The molecule has 1 saturated carbocycles. The molecule has 0 radical (unpaired) electrons. The van der Waals surface area contributed by atoms with Gasteiger partial charge in [0.05, 0.1) is 6.61 Å². The maximum absolute atomic E-state index is 11.9. The zero-order valence-corrected chi connectivity index (χ0v) is 9.11. The molecule has 16 heavy (non-hydrogen) atoms. The Morgan fingerprint density at radius 1 is 1.38 bits per heavy atom. The van der Waals surface area contributed by atoms with Crippen LogP contribution in [0.5, 0.6) is 0 Å². The summed E-state index contributed by atoms with van der Waals surface area (Å²) >= 11 is 0. The third-order valence-corrected chi connectivity index (χ3v) is 3.54. The van der Waals surface area contributed by atoms with Gasteiger partial charge in [-0.05, 0) is 24.3 Å². The number of fused-ring (bicyclic) bond motifs is 1. The summed E-state index contributed by atoms with van der Waals surface area (Å²) in [6, 6.07) is 9.95. The fourth-order valence-corrected chi connectivity index (χ4v) is 2.58. The van der Waals surface area contributed by atoms with Gasteiger partial charge in [0.1, 0.15) is 5.60 Å². The first-order valence-corrected chi connectivity index (χ1v) is 5.75. The average Bonchev–Trinajstić information content (AvgIpc) is 2.87. The number of benzene rings is 1. The Kier molecular flexibility index (Phi) is 2.21. The molecular formula is C13H15NO2. The van der Waals surface area contributed by atoms with Crippen molar-refractivity contribution in [2.75, 3.05) is 6.61 Å². The third-order valence-electron chi connectivity index (χ3n) is 3.54. The van der Waals surface area contributed by atoms with Crippen molar-refractivity contribution < 1.29 is 9.53 Å². The van der Waals surface area contributed by atoms with Crippen LogP contribution >= 0.6 is 0 Å². The Labute approximate surface area is 94.8 Å². The van der Waals surface area contributed by atoms with Crippen molar-refractivity contribution in [1.29, 1.82) is 0 Å². The summed E-state index contributed by atoms with van der Waals surface area (Å²) < 4.78 is 5.55. The van der Waals surface area contributed by atoms with Crippen LogP contribution in [0.15, 0.2) is 30.3 Å². The van der Waals surface area contributed by atoms with Gasteiger partial charge in [-0.15, -0.1) is 0 Å². The molecule has 0 spiro atoms.